The summed E-state index contributed by atoms with van der Waals surface area (Å²) in [5.74, 6) is 0.745. The molecule has 144 valence electrons. The molecule has 5 heteroatoms. The van der Waals surface area contributed by atoms with Gasteiger partial charge in [0.1, 0.15) is 5.82 Å². The van der Waals surface area contributed by atoms with E-state index in [4.69, 9.17) is 0 Å². The molecule has 0 saturated heterocycles. The number of fused-ring (bicyclic) bond motifs is 1. The van der Waals surface area contributed by atoms with Gasteiger partial charge in [0.05, 0.1) is 11.1 Å². The van der Waals surface area contributed by atoms with E-state index < -0.39 is 0 Å². The monoisotopic (exact) mass is 374 g/mol. The molecule has 4 rings (SSSR count). The molecule has 1 aliphatic carbocycles. The van der Waals surface area contributed by atoms with Crippen LogP contribution < -0.4 is 15.5 Å². The third-order valence-electron chi connectivity index (χ3n) is 5.05. The third kappa shape index (κ3) is 4.42. The van der Waals surface area contributed by atoms with Crippen molar-refractivity contribution < 1.29 is 4.79 Å². The van der Waals surface area contributed by atoms with Gasteiger partial charge < -0.3 is 15.5 Å². The maximum atomic E-state index is 12.7. The first-order valence-electron chi connectivity index (χ1n) is 9.91. The predicted octanol–water partition coefficient (Wildman–Crippen LogP) is 4.07. The Balaban J connectivity index is 1.41. The number of aromatic nitrogens is 1. The largest absolute Gasteiger partial charge is 0.375 e. The summed E-state index contributed by atoms with van der Waals surface area (Å²) in [4.78, 5) is 19.6. The lowest BCUT2D eigenvalue weighted by Gasteiger charge is -2.19. The Morgan fingerprint density at radius 2 is 1.86 bits per heavy atom. The quantitative estimate of drug-likeness (QED) is 0.584. The Kier molecular flexibility index (Phi) is 5.42. The van der Waals surface area contributed by atoms with Crippen molar-refractivity contribution in [2.75, 3.05) is 30.4 Å². The number of hydrogen-bond donors (Lipinski definition) is 2. The first kappa shape index (κ1) is 18.3. The normalized spacial score (nSPS) is 13.3. The maximum Gasteiger partial charge on any atom is 0.252 e. The molecule has 1 saturated carbocycles. The molecule has 3 aromatic rings. The minimum atomic E-state index is -0.00652. The molecule has 2 aromatic carbocycles. The number of pyridine rings is 1. The van der Waals surface area contributed by atoms with E-state index in [0.29, 0.717) is 11.6 Å². The molecule has 5 nitrogen and oxygen atoms in total. The highest BCUT2D eigenvalue weighted by molar-refractivity contribution is 6.07. The summed E-state index contributed by atoms with van der Waals surface area (Å²) in [5, 5.41) is 7.38. The molecular weight excluding hydrogens is 348 g/mol. The Bertz CT molecular complexity index is 953. The molecule has 1 aliphatic rings. The molecular formula is C23H26N4O. The summed E-state index contributed by atoms with van der Waals surface area (Å²) < 4.78 is 0. The fraction of sp³-hybridized carbons (Fsp3) is 0.304. The van der Waals surface area contributed by atoms with Crippen LogP contribution in [-0.2, 0) is 0 Å². The Labute approximate surface area is 165 Å². The zero-order valence-electron chi connectivity index (χ0n) is 16.2. The van der Waals surface area contributed by atoms with Gasteiger partial charge >= 0.3 is 0 Å². The highest BCUT2D eigenvalue weighted by atomic mass is 16.1. The Hall–Kier alpha value is -3.08. The molecule has 28 heavy (non-hydrogen) atoms. The maximum absolute atomic E-state index is 12.7. The van der Waals surface area contributed by atoms with Crippen molar-refractivity contribution >= 4 is 28.3 Å². The van der Waals surface area contributed by atoms with Gasteiger partial charge in [-0.05, 0) is 43.5 Å². The average molecular weight is 374 g/mol. The zero-order valence-corrected chi connectivity index (χ0v) is 16.2. The smallest absolute Gasteiger partial charge is 0.252 e. The van der Waals surface area contributed by atoms with Crippen molar-refractivity contribution in [1.29, 1.82) is 0 Å². The van der Waals surface area contributed by atoms with Gasteiger partial charge in [0.25, 0.3) is 5.91 Å². The van der Waals surface area contributed by atoms with Gasteiger partial charge in [-0.3, -0.25) is 4.79 Å². The van der Waals surface area contributed by atoms with Gasteiger partial charge in [-0.15, -0.1) is 0 Å². The van der Waals surface area contributed by atoms with Gasteiger partial charge in [-0.1, -0.05) is 36.4 Å². The second kappa shape index (κ2) is 8.30. The first-order valence-corrected chi connectivity index (χ1v) is 9.91. The van der Waals surface area contributed by atoms with Crippen LogP contribution in [0.5, 0.6) is 0 Å². The molecule has 2 N–H and O–H groups in total. The van der Waals surface area contributed by atoms with Crippen LogP contribution in [0.4, 0.5) is 11.5 Å². The third-order valence-corrected chi connectivity index (χ3v) is 5.05. The highest BCUT2D eigenvalue weighted by Crippen LogP contribution is 2.24. The number of carbonyl (C=O) groups is 1. The second-order valence-electron chi connectivity index (χ2n) is 7.36. The van der Waals surface area contributed by atoms with Crippen molar-refractivity contribution in [3.05, 3.63) is 66.2 Å². The van der Waals surface area contributed by atoms with Crippen LogP contribution in [0.3, 0.4) is 0 Å². The van der Waals surface area contributed by atoms with E-state index in [0.717, 1.165) is 49.1 Å². The number of carbonyl (C=O) groups excluding carboxylic acids is 1. The minimum absolute atomic E-state index is 0.00652. The van der Waals surface area contributed by atoms with Crippen LogP contribution in [0.1, 0.15) is 29.6 Å². The molecule has 0 bridgehead atoms. The van der Waals surface area contributed by atoms with Crippen LogP contribution in [-0.4, -0.2) is 37.1 Å². The SMILES string of the molecule is CN(CCCNc1cc(C(=O)NC2CC2)c2ccccc2n1)c1ccccc1. The van der Waals surface area contributed by atoms with E-state index in [2.05, 4.69) is 51.8 Å². The lowest BCUT2D eigenvalue weighted by Crippen LogP contribution is -2.26. The van der Waals surface area contributed by atoms with Crippen molar-refractivity contribution in [3.63, 3.8) is 0 Å². The summed E-state index contributed by atoms with van der Waals surface area (Å²) in [5.41, 5.74) is 2.75. The summed E-state index contributed by atoms with van der Waals surface area (Å²) in [6, 6.07) is 20.4. The summed E-state index contributed by atoms with van der Waals surface area (Å²) in [6.45, 7) is 1.74. The molecule has 0 unspecified atom stereocenters. The molecule has 0 aliphatic heterocycles. The Morgan fingerprint density at radius 1 is 1.11 bits per heavy atom. The molecule has 0 spiro atoms. The Morgan fingerprint density at radius 3 is 2.64 bits per heavy atom. The van der Waals surface area contributed by atoms with Crippen molar-refractivity contribution in [3.8, 4) is 0 Å². The van der Waals surface area contributed by atoms with E-state index in [-0.39, 0.29) is 5.91 Å². The summed E-state index contributed by atoms with van der Waals surface area (Å²) in [6.07, 6.45) is 3.13. The van der Waals surface area contributed by atoms with Gasteiger partial charge in [0.15, 0.2) is 0 Å². The van der Waals surface area contributed by atoms with E-state index in [1.54, 1.807) is 0 Å². The predicted molar refractivity (Wildman–Crippen MR) is 115 cm³/mol. The highest BCUT2D eigenvalue weighted by Gasteiger charge is 2.25. The molecule has 1 amide bonds. The van der Waals surface area contributed by atoms with Crippen molar-refractivity contribution in [1.82, 2.24) is 10.3 Å². The van der Waals surface area contributed by atoms with Crippen molar-refractivity contribution in [2.45, 2.75) is 25.3 Å². The van der Waals surface area contributed by atoms with Crippen molar-refractivity contribution in [2.24, 2.45) is 0 Å². The topological polar surface area (TPSA) is 57.3 Å². The number of para-hydroxylation sites is 2. The minimum Gasteiger partial charge on any atom is -0.375 e. The van der Waals surface area contributed by atoms with E-state index in [1.165, 1.54) is 5.69 Å². The fourth-order valence-corrected chi connectivity index (χ4v) is 3.29. The van der Waals surface area contributed by atoms with Crippen LogP contribution in [0.25, 0.3) is 10.9 Å². The lowest BCUT2D eigenvalue weighted by atomic mass is 10.1. The number of anilines is 2. The number of hydrogen-bond acceptors (Lipinski definition) is 4. The average Bonchev–Trinajstić information content (AvgIpc) is 3.55. The van der Waals surface area contributed by atoms with E-state index in [1.807, 2.05) is 36.4 Å². The van der Waals surface area contributed by atoms with Gasteiger partial charge in [-0.2, -0.15) is 0 Å². The summed E-state index contributed by atoms with van der Waals surface area (Å²) in [7, 11) is 2.10. The van der Waals surface area contributed by atoms with E-state index in [9.17, 15) is 4.79 Å². The van der Waals surface area contributed by atoms with Gasteiger partial charge in [0.2, 0.25) is 0 Å². The lowest BCUT2D eigenvalue weighted by molar-refractivity contribution is 0.0952. The zero-order chi connectivity index (χ0) is 19.3. The molecule has 0 atom stereocenters. The molecule has 1 heterocycles. The first-order chi connectivity index (χ1) is 13.7. The number of nitrogens with zero attached hydrogens (tertiary/aromatic N) is 2. The second-order valence-corrected chi connectivity index (χ2v) is 7.36. The fourth-order valence-electron chi connectivity index (χ4n) is 3.29. The standard InChI is InChI=1S/C23H26N4O/c1-27(18-8-3-2-4-9-18)15-7-14-24-22-16-20(23(28)25-17-12-13-17)19-10-5-6-11-21(19)26-22/h2-6,8-11,16-17H,7,12-15H2,1H3,(H,24,26)(H,25,28). The number of rotatable bonds is 8. The van der Waals surface area contributed by atoms with Gasteiger partial charge in [-0.25, -0.2) is 4.98 Å². The summed E-state index contributed by atoms with van der Waals surface area (Å²) >= 11 is 0. The van der Waals surface area contributed by atoms with Crippen LogP contribution >= 0.6 is 0 Å². The van der Waals surface area contributed by atoms with E-state index >= 15 is 0 Å². The number of amides is 1. The molecule has 0 radical (unpaired) electrons. The van der Waals surface area contributed by atoms with Crippen LogP contribution in [0, 0.1) is 0 Å². The number of benzene rings is 2. The molecule has 1 aromatic heterocycles. The van der Waals surface area contributed by atoms with Crippen LogP contribution in [0.2, 0.25) is 0 Å². The molecule has 1 fully saturated rings. The number of nitrogens with one attached hydrogen (secondary N) is 2. The van der Waals surface area contributed by atoms with Crippen LogP contribution in [0.15, 0.2) is 60.7 Å². The van der Waals surface area contributed by atoms with Gasteiger partial charge in [0, 0.05) is 37.3 Å².